The van der Waals surface area contributed by atoms with Crippen molar-refractivity contribution in [3.05, 3.63) is 74.6 Å². The Balaban J connectivity index is 1.45. The molecule has 0 radical (unpaired) electrons. The van der Waals surface area contributed by atoms with Gasteiger partial charge in [0.15, 0.2) is 0 Å². The summed E-state index contributed by atoms with van der Waals surface area (Å²) < 4.78 is 21.5. The zero-order chi connectivity index (χ0) is 26.6. The van der Waals surface area contributed by atoms with Gasteiger partial charge in [0.2, 0.25) is 5.91 Å². The first-order valence-corrected chi connectivity index (χ1v) is 13.7. The second kappa shape index (κ2) is 9.45. The maximum Gasteiger partial charge on any atom is 0.245 e. The van der Waals surface area contributed by atoms with Crippen LogP contribution in [-0.4, -0.2) is 47.0 Å². The van der Waals surface area contributed by atoms with E-state index in [1.807, 2.05) is 6.92 Å². The number of fused-ring (bicyclic) bond motifs is 1. The van der Waals surface area contributed by atoms with Gasteiger partial charge in [-0.25, -0.2) is 14.4 Å². The van der Waals surface area contributed by atoms with Crippen LogP contribution in [0, 0.1) is 29.5 Å². The standard InChI is InChI=1S/C28H25ClFN5O2S/c1-3-23(36)35-13-28(14-35)7-8-34(12-28)27-17(10-31)24(25-19(29)5-4-6-20(25)30)18-11-37-22(9-21(18)33-27)26-16(2)32-15-38-26/h3-6,15,22H,1,7-9,11-14H2,2H3. The minimum absolute atomic E-state index is 0.0514. The molecule has 1 amide bonds. The fourth-order valence-electron chi connectivity index (χ4n) is 5.96. The lowest BCUT2D eigenvalue weighted by molar-refractivity contribution is -0.136. The highest BCUT2D eigenvalue weighted by Crippen LogP contribution is 2.47. The highest BCUT2D eigenvalue weighted by Gasteiger charge is 2.49. The minimum Gasteiger partial charge on any atom is -0.367 e. The Morgan fingerprint density at radius 1 is 1.37 bits per heavy atom. The number of amides is 1. The van der Waals surface area contributed by atoms with E-state index in [0.29, 0.717) is 55.1 Å². The van der Waals surface area contributed by atoms with Crippen LogP contribution < -0.4 is 4.90 Å². The van der Waals surface area contributed by atoms with Crippen LogP contribution in [0.25, 0.3) is 11.1 Å². The van der Waals surface area contributed by atoms with Gasteiger partial charge in [-0.15, -0.1) is 11.3 Å². The minimum atomic E-state index is -0.496. The molecule has 0 bridgehead atoms. The number of carbonyl (C=O) groups excluding carboxylic acids is 1. The molecule has 7 nitrogen and oxygen atoms in total. The molecule has 0 aliphatic carbocycles. The van der Waals surface area contributed by atoms with Gasteiger partial charge in [-0.1, -0.05) is 24.2 Å². The van der Waals surface area contributed by atoms with Gasteiger partial charge in [-0.2, -0.15) is 5.26 Å². The first kappa shape index (κ1) is 25.0. The van der Waals surface area contributed by atoms with Crippen molar-refractivity contribution < 1.29 is 13.9 Å². The lowest BCUT2D eigenvalue weighted by Crippen LogP contribution is -2.59. The van der Waals surface area contributed by atoms with Crippen molar-refractivity contribution in [1.29, 1.82) is 5.26 Å². The molecule has 1 unspecified atom stereocenters. The van der Waals surface area contributed by atoms with E-state index in [1.54, 1.807) is 33.9 Å². The normalized spacial score (nSPS) is 19.7. The number of rotatable bonds is 4. The number of nitrogens with zero attached hydrogens (tertiary/aromatic N) is 5. The first-order valence-electron chi connectivity index (χ1n) is 12.4. The lowest BCUT2D eigenvalue weighted by Gasteiger charge is -2.47. The van der Waals surface area contributed by atoms with E-state index in [2.05, 4.69) is 22.5 Å². The van der Waals surface area contributed by atoms with Crippen molar-refractivity contribution >= 4 is 34.7 Å². The van der Waals surface area contributed by atoms with Crippen LogP contribution in [-0.2, 0) is 22.6 Å². The summed E-state index contributed by atoms with van der Waals surface area (Å²) in [7, 11) is 0. The number of benzene rings is 1. The Kier molecular flexibility index (Phi) is 6.22. The van der Waals surface area contributed by atoms with E-state index >= 15 is 4.39 Å². The van der Waals surface area contributed by atoms with E-state index in [9.17, 15) is 10.1 Å². The number of hydrogen-bond donors (Lipinski definition) is 0. The van der Waals surface area contributed by atoms with E-state index < -0.39 is 5.82 Å². The van der Waals surface area contributed by atoms with Crippen LogP contribution in [0.1, 0.15) is 39.9 Å². The van der Waals surface area contributed by atoms with Gasteiger partial charge in [0.25, 0.3) is 0 Å². The summed E-state index contributed by atoms with van der Waals surface area (Å²) in [5.41, 5.74) is 5.07. The average molecular weight is 550 g/mol. The molecule has 3 aromatic rings. The molecule has 2 fully saturated rings. The van der Waals surface area contributed by atoms with Gasteiger partial charge in [0.1, 0.15) is 23.3 Å². The number of halogens is 2. The van der Waals surface area contributed by atoms with Crippen LogP contribution in [0.15, 0.2) is 36.4 Å². The number of carbonyl (C=O) groups is 1. The largest absolute Gasteiger partial charge is 0.367 e. The van der Waals surface area contributed by atoms with Gasteiger partial charge >= 0.3 is 0 Å². The molecule has 194 valence electrons. The summed E-state index contributed by atoms with van der Waals surface area (Å²) in [4.78, 5) is 26.4. The molecule has 38 heavy (non-hydrogen) atoms. The zero-order valence-corrected chi connectivity index (χ0v) is 22.4. The SMILES string of the molecule is C=CC(=O)N1CC2(CCN(c3nc4c(c(-c5c(F)cccc5Cl)c3C#N)COC(c3scnc3C)C4)C2)C1. The molecule has 1 aromatic carbocycles. The third-order valence-electron chi connectivity index (χ3n) is 7.85. The van der Waals surface area contributed by atoms with Crippen LogP contribution in [0.5, 0.6) is 0 Å². The molecule has 1 atom stereocenters. The summed E-state index contributed by atoms with van der Waals surface area (Å²) >= 11 is 8.08. The number of thiazole rings is 1. The van der Waals surface area contributed by atoms with Crippen LogP contribution in [0.2, 0.25) is 5.02 Å². The van der Waals surface area contributed by atoms with E-state index in [4.69, 9.17) is 21.3 Å². The molecule has 3 aliphatic rings. The predicted octanol–water partition coefficient (Wildman–Crippen LogP) is 5.22. The second-order valence-corrected chi connectivity index (χ2v) is 11.5. The maximum absolute atomic E-state index is 15.3. The Hall–Kier alpha value is -3.32. The van der Waals surface area contributed by atoms with Crippen molar-refractivity contribution in [3.63, 3.8) is 0 Å². The molecule has 10 heteroatoms. The van der Waals surface area contributed by atoms with E-state index in [-0.39, 0.29) is 34.6 Å². The molecule has 5 heterocycles. The van der Waals surface area contributed by atoms with Gasteiger partial charge < -0.3 is 14.5 Å². The smallest absolute Gasteiger partial charge is 0.245 e. The Bertz CT molecular complexity index is 1490. The summed E-state index contributed by atoms with van der Waals surface area (Å²) in [6.07, 6.45) is 2.48. The third kappa shape index (κ3) is 3.99. The van der Waals surface area contributed by atoms with Crippen LogP contribution >= 0.6 is 22.9 Å². The van der Waals surface area contributed by atoms with Crippen molar-refractivity contribution in [2.24, 2.45) is 5.41 Å². The molecule has 0 saturated carbocycles. The average Bonchev–Trinajstić information content (AvgIpc) is 3.53. The lowest BCUT2D eigenvalue weighted by atomic mass is 9.79. The topological polar surface area (TPSA) is 82.4 Å². The summed E-state index contributed by atoms with van der Waals surface area (Å²) in [6, 6.07) is 6.86. The van der Waals surface area contributed by atoms with E-state index in [1.165, 1.54) is 12.1 Å². The summed E-state index contributed by atoms with van der Waals surface area (Å²) in [5, 5.41) is 10.6. The van der Waals surface area contributed by atoms with Crippen LogP contribution in [0.4, 0.5) is 10.2 Å². The molecule has 6 rings (SSSR count). The highest BCUT2D eigenvalue weighted by molar-refractivity contribution is 7.09. The molecule has 2 aromatic heterocycles. The summed E-state index contributed by atoms with van der Waals surface area (Å²) in [6.45, 7) is 8.36. The third-order valence-corrected chi connectivity index (χ3v) is 9.19. The number of anilines is 1. The number of pyridine rings is 1. The van der Waals surface area contributed by atoms with Crippen molar-refractivity contribution in [2.45, 2.75) is 32.5 Å². The molecule has 0 N–H and O–H groups in total. The quantitative estimate of drug-likeness (QED) is 0.415. The number of hydrogen-bond acceptors (Lipinski definition) is 7. The number of nitriles is 1. The van der Waals surface area contributed by atoms with Gasteiger partial charge in [-0.3, -0.25) is 4.79 Å². The molecule has 1 spiro atoms. The molecular weight excluding hydrogens is 525 g/mol. The Labute approximate surface area is 229 Å². The highest BCUT2D eigenvalue weighted by atomic mass is 35.5. The zero-order valence-electron chi connectivity index (χ0n) is 20.8. The number of aromatic nitrogens is 2. The predicted molar refractivity (Wildman–Crippen MR) is 143 cm³/mol. The Morgan fingerprint density at radius 2 is 2.18 bits per heavy atom. The van der Waals surface area contributed by atoms with Crippen molar-refractivity contribution in [2.75, 3.05) is 31.1 Å². The number of likely N-dealkylation sites (tertiary alicyclic amines) is 1. The Morgan fingerprint density at radius 3 is 2.87 bits per heavy atom. The van der Waals surface area contributed by atoms with Gasteiger partial charge in [-0.05, 0) is 31.6 Å². The van der Waals surface area contributed by atoms with Gasteiger partial charge in [0.05, 0.1) is 39.5 Å². The van der Waals surface area contributed by atoms with E-state index in [0.717, 1.165) is 22.7 Å². The molecule has 3 aliphatic heterocycles. The maximum atomic E-state index is 15.3. The number of aryl methyl sites for hydroxylation is 1. The monoisotopic (exact) mass is 549 g/mol. The van der Waals surface area contributed by atoms with Crippen molar-refractivity contribution in [3.8, 4) is 17.2 Å². The fourth-order valence-corrected chi connectivity index (χ4v) is 7.07. The second-order valence-electron chi connectivity index (χ2n) is 10.2. The summed E-state index contributed by atoms with van der Waals surface area (Å²) in [5.74, 6) is -0.0311. The molecular formula is C28H25ClFN5O2S. The number of ether oxygens (including phenoxy) is 1. The molecule has 2 saturated heterocycles. The van der Waals surface area contributed by atoms with Gasteiger partial charge in [0, 0.05) is 54.7 Å². The van der Waals surface area contributed by atoms with Crippen LogP contribution in [0.3, 0.4) is 0 Å². The first-order chi connectivity index (χ1) is 18.3. The fraction of sp³-hybridized carbons (Fsp3) is 0.357. The van der Waals surface area contributed by atoms with Crippen molar-refractivity contribution in [1.82, 2.24) is 14.9 Å².